The van der Waals surface area contributed by atoms with E-state index in [1.807, 2.05) is 49.1 Å². The zero-order chi connectivity index (χ0) is 16.0. The van der Waals surface area contributed by atoms with E-state index in [0.717, 1.165) is 5.56 Å². The molecule has 3 rings (SSSR count). The van der Waals surface area contributed by atoms with Gasteiger partial charge in [-0.25, -0.2) is 8.42 Å². The first-order valence-corrected chi connectivity index (χ1v) is 8.91. The molecule has 0 spiro atoms. The molecule has 0 N–H and O–H groups in total. The van der Waals surface area contributed by atoms with Gasteiger partial charge in [-0.3, -0.25) is 0 Å². The maximum Gasteiger partial charge on any atom is 0.265 e. The average molecular weight is 320 g/mol. The minimum atomic E-state index is -3.69. The molecule has 0 aliphatic carbocycles. The molecule has 0 saturated heterocycles. The van der Waals surface area contributed by atoms with E-state index in [2.05, 4.69) is 14.6 Å². The lowest BCUT2D eigenvalue weighted by atomic mass is 9.78. The lowest BCUT2D eigenvalue weighted by molar-refractivity contribution is 0.389. The van der Waals surface area contributed by atoms with Crippen molar-refractivity contribution in [1.82, 2.24) is 4.90 Å². The highest BCUT2D eigenvalue weighted by Gasteiger charge is 2.69. The standard InChI is InChI=1S/C15H20N4O2S/c1-4-19(5-2)13-15(12-9-7-6-8-10-12)14(3,11-16-18-15)22(20,21)17-13/h6-10H,4-5,11H2,1-3H3/t14-,15-/m0/s1. The van der Waals surface area contributed by atoms with Gasteiger partial charge < -0.3 is 4.90 Å². The van der Waals surface area contributed by atoms with Crippen LogP contribution < -0.4 is 0 Å². The maximum absolute atomic E-state index is 12.8. The Kier molecular flexibility index (Phi) is 3.36. The molecule has 2 heterocycles. The monoisotopic (exact) mass is 320 g/mol. The summed E-state index contributed by atoms with van der Waals surface area (Å²) in [5.74, 6) is 0.493. The Balaban J connectivity index is 2.31. The second-order valence-corrected chi connectivity index (χ2v) is 7.80. The van der Waals surface area contributed by atoms with E-state index < -0.39 is 20.3 Å². The molecule has 1 aromatic carbocycles. The van der Waals surface area contributed by atoms with E-state index in [4.69, 9.17) is 0 Å². The van der Waals surface area contributed by atoms with Gasteiger partial charge in [0.25, 0.3) is 10.0 Å². The molecule has 0 unspecified atom stereocenters. The number of benzene rings is 1. The van der Waals surface area contributed by atoms with Crippen molar-refractivity contribution in [1.29, 1.82) is 0 Å². The number of sulfonamides is 1. The van der Waals surface area contributed by atoms with Crippen molar-refractivity contribution in [3.05, 3.63) is 35.9 Å². The maximum atomic E-state index is 12.8. The van der Waals surface area contributed by atoms with E-state index >= 15 is 0 Å². The molecular weight excluding hydrogens is 300 g/mol. The molecule has 0 radical (unpaired) electrons. The zero-order valence-corrected chi connectivity index (χ0v) is 13.8. The first kappa shape index (κ1) is 15.1. The third-order valence-corrected chi connectivity index (χ3v) is 6.69. The van der Waals surface area contributed by atoms with Gasteiger partial charge in [0.15, 0.2) is 11.4 Å². The number of fused-ring (bicyclic) bond motifs is 1. The summed E-state index contributed by atoms with van der Waals surface area (Å²) in [7, 11) is -3.69. The lowest BCUT2D eigenvalue weighted by Crippen LogP contribution is -2.55. The number of hydrogen-bond acceptors (Lipinski definition) is 5. The summed E-state index contributed by atoms with van der Waals surface area (Å²) in [6, 6.07) is 9.50. The van der Waals surface area contributed by atoms with E-state index in [-0.39, 0.29) is 6.54 Å². The lowest BCUT2D eigenvalue weighted by Gasteiger charge is -2.36. The van der Waals surface area contributed by atoms with Crippen LogP contribution in [0.3, 0.4) is 0 Å². The van der Waals surface area contributed by atoms with Crippen LogP contribution in [0.5, 0.6) is 0 Å². The van der Waals surface area contributed by atoms with Gasteiger partial charge in [0.05, 0.1) is 6.54 Å². The Bertz CT molecular complexity index is 740. The second-order valence-electron chi connectivity index (χ2n) is 5.77. The van der Waals surface area contributed by atoms with Gasteiger partial charge in [-0.15, -0.1) is 4.40 Å². The normalized spacial score (nSPS) is 31.9. The molecule has 0 saturated carbocycles. The van der Waals surface area contributed by atoms with E-state index in [1.54, 1.807) is 6.92 Å². The van der Waals surface area contributed by atoms with Gasteiger partial charge in [0, 0.05) is 13.1 Å². The van der Waals surface area contributed by atoms with Crippen molar-refractivity contribution < 1.29 is 8.42 Å². The number of azo groups is 1. The third-order valence-electron chi connectivity index (χ3n) is 4.71. The second kappa shape index (κ2) is 4.87. The fraction of sp³-hybridized carbons (Fsp3) is 0.533. The van der Waals surface area contributed by atoms with Crippen molar-refractivity contribution in [3.63, 3.8) is 0 Å². The minimum absolute atomic E-state index is 0.137. The summed E-state index contributed by atoms with van der Waals surface area (Å²) >= 11 is 0. The molecule has 6 nitrogen and oxygen atoms in total. The van der Waals surface area contributed by atoms with Crippen LogP contribution in [0.1, 0.15) is 26.3 Å². The van der Waals surface area contributed by atoms with Crippen LogP contribution in [0.15, 0.2) is 45.0 Å². The third kappa shape index (κ3) is 1.65. The van der Waals surface area contributed by atoms with Crippen LogP contribution in [0.2, 0.25) is 0 Å². The van der Waals surface area contributed by atoms with Crippen molar-refractivity contribution in [2.24, 2.45) is 14.6 Å². The van der Waals surface area contributed by atoms with E-state index in [0.29, 0.717) is 18.9 Å². The van der Waals surface area contributed by atoms with Crippen LogP contribution in [0.4, 0.5) is 0 Å². The predicted octanol–water partition coefficient (Wildman–Crippen LogP) is 2.19. The largest absolute Gasteiger partial charge is 0.357 e. The van der Waals surface area contributed by atoms with Gasteiger partial charge in [0.1, 0.15) is 4.75 Å². The van der Waals surface area contributed by atoms with Crippen LogP contribution in [0.25, 0.3) is 0 Å². The van der Waals surface area contributed by atoms with E-state index in [1.165, 1.54) is 0 Å². The molecule has 0 bridgehead atoms. The number of amidine groups is 1. The van der Waals surface area contributed by atoms with Crippen LogP contribution in [0, 0.1) is 0 Å². The fourth-order valence-electron chi connectivity index (χ4n) is 3.31. The molecule has 1 aromatic rings. The minimum Gasteiger partial charge on any atom is -0.357 e. The summed E-state index contributed by atoms with van der Waals surface area (Å²) in [4.78, 5) is 1.96. The summed E-state index contributed by atoms with van der Waals surface area (Å²) in [5.41, 5.74) is -0.218. The highest BCUT2D eigenvalue weighted by molar-refractivity contribution is 7.92. The summed E-state index contributed by atoms with van der Waals surface area (Å²) < 4.78 is 28.5. The number of rotatable bonds is 3. The average Bonchev–Trinajstić information content (AvgIpc) is 2.95. The highest BCUT2D eigenvalue weighted by atomic mass is 32.2. The molecule has 0 fully saturated rings. The molecule has 22 heavy (non-hydrogen) atoms. The summed E-state index contributed by atoms with van der Waals surface area (Å²) in [6.45, 7) is 7.15. The highest BCUT2D eigenvalue weighted by Crippen LogP contribution is 2.53. The molecule has 2 atom stereocenters. The van der Waals surface area contributed by atoms with Crippen LogP contribution >= 0.6 is 0 Å². The zero-order valence-electron chi connectivity index (χ0n) is 13.0. The molecule has 7 heteroatoms. The Morgan fingerprint density at radius 1 is 1.18 bits per heavy atom. The number of likely N-dealkylation sites (N-methyl/N-ethyl adjacent to an activating group) is 1. The first-order valence-electron chi connectivity index (χ1n) is 7.47. The molecule has 2 aliphatic heterocycles. The van der Waals surface area contributed by atoms with Gasteiger partial charge in [-0.05, 0) is 26.3 Å². The number of nitrogens with zero attached hydrogens (tertiary/aromatic N) is 4. The van der Waals surface area contributed by atoms with Gasteiger partial charge >= 0.3 is 0 Å². The fourth-order valence-corrected chi connectivity index (χ4v) is 4.83. The topological polar surface area (TPSA) is 74.5 Å². The summed E-state index contributed by atoms with van der Waals surface area (Å²) in [5, 5.41) is 8.56. The van der Waals surface area contributed by atoms with Crippen LogP contribution in [-0.4, -0.2) is 43.5 Å². The van der Waals surface area contributed by atoms with Crippen molar-refractivity contribution in [3.8, 4) is 0 Å². The van der Waals surface area contributed by atoms with Gasteiger partial charge in [-0.2, -0.15) is 10.2 Å². The molecule has 0 amide bonds. The molecule has 0 aromatic heterocycles. The molecular formula is C15H20N4O2S. The quantitative estimate of drug-likeness (QED) is 0.857. The van der Waals surface area contributed by atoms with Crippen LogP contribution in [-0.2, 0) is 15.6 Å². The molecule has 2 aliphatic rings. The van der Waals surface area contributed by atoms with Gasteiger partial charge in [-0.1, -0.05) is 30.3 Å². The Morgan fingerprint density at radius 3 is 2.41 bits per heavy atom. The van der Waals surface area contributed by atoms with E-state index in [9.17, 15) is 8.42 Å². The Labute approximate surface area is 131 Å². The smallest absolute Gasteiger partial charge is 0.265 e. The molecule has 118 valence electrons. The first-order chi connectivity index (χ1) is 10.4. The Hall–Kier alpha value is -1.76. The van der Waals surface area contributed by atoms with Crippen molar-refractivity contribution in [2.45, 2.75) is 31.1 Å². The SMILES string of the molecule is CCN(CC)C1=NS(=O)(=O)[C@@]2(C)CN=N[C@@]12c1ccccc1. The summed E-state index contributed by atoms with van der Waals surface area (Å²) in [6.07, 6.45) is 0. The predicted molar refractivity (Wildman–Crippen MR) is 85.5 cm³/mol. The van der Waals surface area contributed by atoms with Crippen molar-refractivity contribution in [2.75, 3.05) is 19.6 Å². The Morgan fingerprint density at radius 2 is 1.82 bits per heavy atom. The number of hydrogen-bond donors (Lipinski definition) is 0. The van der Waals surface area contributed by atoms with Crippen molar-refractivity contribution >= 4 is 15.9 Å². The van der Waals surface area contributed by atoms with Gasteiger partial charge in [0.2, 0.25) is 0 Å².